The maximum absolute atomic E-state index is 12.1. The SMILES string of the molecule is Cc1cc(C)cc(N2CC(CNC(=O)N3CCOCC3)OC2=O)c1. The Bertz CT molecular complexity index is 608. The molecule has 130 valence electrons. The van der Waals surface area contributed by atoms with Crippen molar-refractivity contribution in [2.24, 2.45) is 0 Å². The normalized spacial score (nSPS) is 20.9. The summed E-state index contributed by atoms with van der Waals surface area (Å²) in [5, 5.41) is 2.84. The van der Waals surface area contributed by atoms with E-state index in [1.807, 2.05) is 26.0 Å². The maximum Gasteiger partial charge on any atom is 0.414 e. The molecule has 0 bridgehead atoms. The monoisotopic (exact) mass is 333 g/mol. The van der Waals surface area contributed by atoms with E-state index in [0.717, 1.165) is 16.8 Å². The van der Waals surface area contributed by atoms with Crippen molar-refractivity contribution in [1.82, 2.24) is 10.2 Å². The third-order valence-electron chi connectivity index (χ3n) is 4.17. The number of amides is 3. The average molecular weight is 333 g/mol. The number of hydrogen-bond acceptors (Lipinski definition) is 4. The molecule has 0 aromatic heterocycles. The molecule has 0 saturated carbocycles. The van der Waals surface area contributed by atoms with Gasteiger partial charge in [0.25, 0.3) is 0 Å². The molecule has 7 nitrogen and oxygen atoms in total. The highest BCUT2D eigenvalue weighted by Gasteiger charge is 2.33. The number of anilines is 1. The van der Waals surface area contributed by atoms with Crippen LogP contribution in [0, 0.1) is 13.8 Å². The minimum atomic E-state index is -0.370. The lowest BCUT2D eigenvalue weighted by Gasteiger charge is -2.27. The Hall–Kier alpha value is -2.28. The van der Waals surface area contributed by atoms with Gasteiger partial charge < -0.3 is 19.7 Å². The van der Waals surface area contributed by atoms with Gasteiger partial charge in [0.15, 0.2) is 0 Å². The number of benzene rings is 1. The fourth-order valence-electron chi connectivity index (χ4n) is 3.02. The molecular formula is C17H23N3O4. The fourth-order valence-corrected chi connectivity index (χ4v) is 3.02. The Labute approximate surface area is 141 Å². The van der Waals surface area contributed by atoms with Gasteiger partial charge in [0.1, 0.15) is 6.10 Å². The lowest BCUT2D eigenvalue weighted by Crippen LogP contribution is -2.48. The van der Waals surface area contributed by atoms with Crippen LogP contribution in [0.1, 0.15) is 11.1 Å². The van der Waals surface area contributed by atoms with Gasteiger partial charge in [-0.25, -0.2) is 9.59 Å². The van der Waals surface area contributed by atoms with Gasteiger partial charge in [-0.15, -0.1) is 0 Å². The maximum atomic E-state index is 12.1. The van der Waals surface area contributed by atoms with Crippen LogP contribution in [0.15, 0.2) is 18.2 Å². The van der Waals surface area contributed by atoms with Crippen molar-refractivity contribution in [3.63, 3.8) is 0 Å². The molecule has 1 unspecified atom stereocenters. The molecule has 2 aliphatic rings. The molecule has 2 saturated heterocycles. The van der Waals surface area contributed by atoms with Gasteiger partial charge in [0.2, 0.25) is 0 Å². The first-order valence-corrected chi connectivity index (χ1v) is 8.20. The first kappa shape index (κ1) is 16.6. The summed E-state index contributed by atoms with van der Waals surface area (Å²) < 4.78 is 10.6. The van der Waals surface area contributed by atoms with E-state index in [4.69, 9.17) is 9.47 Å². The van der Waals surface area contributed by atoms with Crippen LogP contribution in [0.3, 0.4) is 0 Å². The van der Waals surface area contributed by atoms with Gasteiger partial charge >= 0.3 is 12.1 Å². The van der Waals surface area contributed by atoms with Crippen molar-refractivity contribution in [1.29, 1.82) is 0 Å². The second-order valence-electron chi connectivity index (χ2n) is 6.25. The smallest absolute Gasteiger partial charge is 0.414 e. The van der Waals surface area contributed by atoms with Gasteiger partial charge in [-0.1, -0.05) is 6.07 Å². The van der Waals surface area contributed by atoms with E-state index in [9.17, 15) is 9.59 Å². The number of aryl methyl sites for hydroxylation is 2. The molecule has 0 radical (unpaired) electrons. The molecule has 24 heavy (non-hydrogen) atoms. The zero-order valence-electron chi connectivity index (χ0n) is 14.1. The second-order valence-corrected chi connectivity index (χ2v) is 6.25. The molecule has 1 N–H and O–H groups in total. The van der Waals surface area contributed by atoms with Gasteiger partial charge in [-0.05, 0) is 37.1 Å². The van der Waals surface area contributed by atoms with Crippen molar-refractivity contribution < 1.29 is 19.1 Å². The van der Waals surface area contributed by atoms with Crippen LogP contribution < -0.4 is 10.2 Å². The van der Waals surface area contributed by atoms with Gasteiger partial charge in [-0.2, -0.15) is 0 Å². The zero-order chi connectivity index (χ0) is 17.1. The third kappa shape index (κ3) is 3.79. The van der Waals surface area contributed by atoms with Crippen molar-refractivity contribution in [2.45, 2.75) is 20.0 Å². The highest BCUT2D eigenvalue weighted by molar-refractivity contribution is 5.90. The highest BCUT2D eigenvalue weighted by Crippen LogP contribution is 2.24. The molecule has 2 fully saturated rings. The molecule has 1 atom stereocenters. The Kier molecular flexibility index (Phi) is 4.89. The minimum Gasteiger partial charge on any atom is -0.442 e. The predicted octanol–water partition coefficient (Wildman–Crippen LogP) is 1.67. The molecule has 3 amide bonds. The van der Waals surface area contributed by atoms with Gasteiger partial charge in [0, 0.05) is 18.8 Å². The lowest BCUT2D eigenvalue weighted by molar-refractivity contribution is 0.0523. The summed E-state index contributed by atoms with van der Waals surface area (Å²) in [6.07, 6.45) is -0.714. The minimum absolute atomic E-state index is 0.140. The number of urea groups is 1. The van der Waals surface area contributed by atoms with Crippen LogP contribution in [0.2, 0.25) is 0 Å². The average Bonchev–Trinajstić information content (AvgIpc) is 2.93. The summed E-state index contributed by atoms with van der Waals surface area (Å²) in [6, 6.07) is 5.84. The Morgan fingerprint density at radius 1 is 1.21 bits per heavy atom. The predicted molar refractivity (Wildman–Crippen MR) is 89.3 cm³/mol. The number of rotatable bonds is 3. The van der Waals surface area contributed by atoms with Crippen LogP contribution >= 0.6 is 0 Å². The molecule has 2 aliphatic heterocycles. The van der Waals surface area contributed by atoms with Crippen molar-refractivity contribution in [3.8, 4) is 0 Å². The van der Waals surface area contributed by atoms with E-state index < -0.39 is 0 Å². The summed E-state index contributed by atoms with van der Waals surface area (Å²) in [6.45, 7) is 7.04. The summed E-state index contributed by atoms with van der Waals surface area (Å²) >= 11 is 0. The zero-order valence-corrected chi connectivity index (χ0v) is 14.1. The van der Waals surface area contributed by atoms with E-state index in [2.05, 4.69) is 11.4 Å². The number of carbonyl (C=O) groups is 2. The Balaban J connectivity index is 1.55. The lowest BCUT2D eigenvalue weighted by atomic mass is 10.1. The Morgan fingerprint density at radius 3 is 2.54 bits per heavy atom. The third-order valence-corrected chi connectivity index (χ3v) is 4.17. The second kappa shape index (κ2) is 7.09. The van der Waals surface area contributed by atoms with E-state index in [1.54, 1.807) is 9.80 Å². The van der Waals surface area contributed by atoms with E-state index >= 15 is 0 Å². The van der Waals surface area contributed by atoms with Crippen LogP contribution in [-0.2, 0) is 9.47 Å². The molecular weight excluding hydrogens is 310 g/mol. The van der Waals surface area contributed by atoms with Gasteiger partial charge in [-0.3, -0.25) is 4.90 Å². The van der Waals surface area contributed by atoms with Gasteiger partial charge in [0.05, 0.1) is 26.3 Å². The highest BCUT2D eigenvalue weighted by atomic mass is 16.6. The molecule has 0 spiro atoms. The number of nitrogens with zero attached hydrogens (tertiary/aromatic N) is 2. The number of ether oxygens (including phenoxy) is 2. The van der Waals surface area contributed by atoms with Crippen molar-refractivity contribution >= 4 is 17.8 Å². The summed E-state index contributed by atoms with van der Waals surface area (Å²) in [7, 11) is 0. The molecule has 3 rings (SSSR count). The molecule has 1 aromatic rings. The van der Waals surface area contributed by atoms with E-state index in [0.29, 0.717) is 39.4 Å². The van der Waals surface area contributed by atoms with Crippen molar-refractivity contribution in [2.75, 3.05) is 44.3 Å². The number of cyclic esters (lactones) is 1. The standard InChI is InChI=1S/C17H23N3O4/c1-12-7-13(2)9-14(8-12)20-11-15(24-17(20)22)10-18-16(21)19-3-5-23-6-4-19/h7-9,15H,3-6,10-11H2,1-2H3,(H,18,21). The summed E-state index contributed by atoms with van der Waals surface area (Å²) in [5.41, 5.74) is 3.03. The first-order valence-electron chi connectivity index (χ1n) is 8.20. The topological polar surface area (TPSA) is 71.1 Å². The van der Waals surface area contributed by atoms with E-state index in [1.165, 1.54) is 0 Å². The quantitative estimate of drug-likeness (QED) is 0.913. The largest absolute Gasteiger partial charge is 0.442 e. The van der Waals surface area contributed by atoms with Crippen LogP contribution in [0.4, 0.5) is 15.3 Å². The molecule has 2 heterocycles. The summed E-state index contributed by atoms with van der Waals surface area (Å²) in [5.74, 6) is 0. The number of carbonyl (C=O) groups excluding carboxylic acids is 2. The number of nitrogens with one attached hydrogen (secondary N) is 1. The van der Waals surface area contributed by atoms with Crippen molar-refractivity contribution in [3.05, 3.63) is 29.3 Å². The fraction of sp³-hybridized carbons (Fsp3) is 0.529. The number of morpholine rings is 1. The van der Waals surface area contributed by atoms with E-state index in [-0.39, 0.29) is 18.2 Å². The number of hydrogen-bond donors (Lipinski definition) is 1. The van der Waals surface area contributed by atoms with Crippen LogP contribution in [0.5, 0.6) is 0 Å². The first-order chi connectivity index (χ1) is 11.5. The Morgan fingerprint density at radius 2 is 1.88 bits per heavy atom. The summed E-state index contributed by atoms with van der Waals surface area (Å²) in [4.78, 5) is 27.5. The van der Waals surface area contributed by atoms with Crippen LogP contribution in [-0.4, -0.2) is 62.5 Å². The molecule has 7 heteroatoms. The van der Waals surface area contributed by atoms with Crippen LogP contribution in [0.25, 0.3) is 0 Å². The molecule has 1 aromatic carbocycles. The molecule has 0 aliphatic carbocycles.